The van der Waals surface area contributed by atoms with Crippen LogP contribution in [-0.4, -0.2) is 16.0 Å². The average molecular weight is 307 g/mol. The van der Waals surface area contributed by atoms with E-state index >= 15 is 0 Å². The Kier molecular flexibility index (Phi) is 4.39. The summed E-state index contributed by atoms with van der Waals surface area (Å²) in [6.07, 6.45) is 0. The zero-order valence-electron chi connectivity index (χ0n) is 10.6. The molecule has 0 atom stereocenters. The Balaban J connectivity index is 2.51. The van der Waals surface area contributed by atoms with Gasteiger partial charge >= 0.3 is 0 Å². The van der Waals surface area contributed by atoms with Crippen molar-refractivity contribution in [3.05, 3.63) is 64.0 Å². The van der Waals surface area contributed by atoms with E-state index in [9.17, 15) is 14.5 Å². The van der Waals surface area contributed by atoms with Crippen LogP contribution in [0.2, 0.25) is 0 Å². The lowest BCUT2D eigenvalue weighted by Gasteiger charge is -2.09. The maximum atomic E-state index is 13.8. The minimum absolute atomic E-state index is 0.0943. The highest BCUT2D eigenvalue weighted by atomic mass is 32.2. The van der Waals surface area contributed by atoms with Crippen LogP contribution < -0.4 is 5.73 Å². The molecule has 0 aliphatic heterocycles. The fourth-order valence-corrected chi connectivity index (χ4v) is 2.78. The van der Waals surface area contributed by atoms with Gasteiger partial charge in [-0.1, -0.05) is 35.1 Å². The van der Waals surface area contributed by atoms with Gasteiger partial charge in [0.05, 0.1) is 15.4 Å². The maximum absolute atomic E-state index is 13.8. The zero-order valence-corrected chi connectivity index (χ0v) is 11.4. The molecule has 21 heavy (non-hydrogen) atoms. The molecule has 0 saturated carbocycles. The van der Waals surface area contributed by atoms with Crippen LogP contribution in [0.25, 0.3) is 0 Å². The van der Waals surface area contributed by atoms with Gasteiger partial charge in [0.15, 0.2) is 5.84 Å². The molecule has 0 aliphatic rings. The number of nitro groups is 1. The molecule has 108 valence electrons. The van der Waals surface area contributed by atoms with Gasteiger partial charge in [-0.05, 0) is 18.2 Å². The van der Waals surface area contributed by atoms with E-state index < -0.39 is 16.6 Å². The summed E-state index contributed by atoms with van der Waals surface area (Å²) in [6.45, 7) is 0. The lowest BCUT2D eigenvalue weighted by molar-refractivity contribution is -0.387. The fourth-order valence-electron chi connectivity index (χ4n) is 1.70. The summed E-state index contributed by atoms with van der Waals surface area (Å²) >= 11 is 0.973. The first kappa shape index (κ1) is 14.8. The second-order valence-corrected chi connectivity index (χ2v) is 5.01. The molecule has 0 aliphatic carbocycles. The van der Waals surface area contributed by atoms with Gasteiger partial charge in [0.1, 0.15) is 5.82 Å². The number of para-hydroxylation sites is 1. The monoisotopic (exact) mass is 307 g/mol. The summed E-state index contributed by atoms with van der Waals surface area (Å²) in [4.78, 5) is 11.1. The van der Waals surface area contributed by atoms with E-state index in [4.69, 9.17) is 10.9 Å². The molecule has 6 nitrogen and oxygen atoms in total. The normalized spacial score (nSPS) is 11.4. The molecule has 0 spiro atoms. The van der Waals surface area contributed by atoms with Gasteiger partial charge in [-0.3, -0.25) is 10.1 Å². The number of hydrogen-bond donors (Lipinski definition) is 2. The van der Waals surface area contributed by atoms with Crippen molar-refractivity contribution in [2.75, 3.05) is 0 Å². The van der Waals surface area contributed by atoms with Gasteiger partial charge in [0.2, 0.25) is 0 Å². The summed E-state index contributed by atoms with van der Waals surface area (Å²) in [5.41, 5.74) is 5.27. The maximum Gasteiger partial charge on any atom is 0.283 e. The Hall–Kier alpha value is -2.61. The molecule has 0 aromatic heterocycles. The third-order valence-corrected chi connectivity index (χ3v) is 3.75. The molecule has 0 unspecified atom stereocenters. The van der Waals surface area contributed by atoms with Crippen LogP contribution >= 0.6 is 11.8 Å². The van der Waals surface area contributed by atoms with Crippen molar-refractivity contribution in [1.29, 1.82) is 0 Å². The van der Waals surface area contributed by atoms with E-state index in [0.717, 1.165) is 17.8 Å². The van der Waals surface area contributed by atoms with Crippen LogP contribution in [0.1, 0.15) is 5.56 Å². The summed E-state index contributed by atoms with van der Waals surface area (Å²) < 4.78 is 13.8. The summed E-state index contributed by atoms with van der Waals surface area (Å²) in [7, 11) is 0. The van der Waals surface area contributed by atoms with Crippen molar-refractivity contribution in [3.63, 3.8) is 0 Å². The van der Waals surface area contributed by atoms with Crippen LogP contribution in [0.3, 0.4) is 0 Å². The molecule has 0 saturated heterocycles. The van der Waals surface area contributed by atoms with Crippen molar-refractivity contribution >= 4 is 23.3 Å². The molecular formula is C13H10FN3O3S. The van der Waals surface area contributed by atoms with Gasteiger partial charge in [0.25, 0.3) is 5.69 Å². The number of halogens is 1. The first-order valence-electron chi connectivity index (χ1n) is 5.72. The van der Waals surface area contributed by atoms with Gasteiger partial charge in [-0.15, -0.1) is 0 Å². The largest absolute Gasteiger partial charge is 0.409 e. The number of rotatable bonds is 4. The molecule has 0 fully saturated rings. The Bertz CT molecular complexity index is 722. The first-order valence-corrected chi connectivity index (χ1v) is 6.54. The van der Waals surface area contributed by atoms with E-state index in [-0.39, 0.29) is 11.3 Å². The van der Waals surface area contributed by atoms with Crippen molar-refractivity contribution < 1.29 is 14.5 Å². The van der Waals surface area contributed by atoms with E-state index in [1.54, 1.807) is 12.1 Å². The van der Waals surface area contributed by atoms with Crippen LogP contribution in [0, 0.1) is 15.9 Å². The van der Waals surface area contributed by atoms with Gasteiger partial charge in [-0.2, -0.15) is 0 Å². The molecule has 0 heterocycles. The number of amidine groups is 1. The second kappa shape index (κ2) is 6.23. The molecule has 0 amide bonds. The fraction of sp³-hybridized carbons (Fsp3) is 0. The summed E-state index contributed by atoms with van der Waals surface area (Å²) in [5, 5.41) is 22.5. The second-order valence-electron chi connectivity index (χ2n) is 3.93. The molecular weight excluding hydrogens is 297 g/mol. The van der Waals surface area contributed by atoms with Crippen LogP contribution in [0.15, 0.2) is 57.4 Å². The Labute approximate surface area is 123 Å². The van der Waals surface area contributed by atoms with Crippen molar-refractivity contribution in [3.8, 4) is 0 Å². The first-order chi connectivity index (χ1) is 10.0. The van der Waals surface area contributed by atoms with Crippen LogP contribution in [-0.2, 0) is 0 Å². The minimum Gasteiger partial charge on any atom is -0.409 e. The predicted molar refractivity (Wildman–Crippen MR) is 76.1 cm³/mol. The predicted octanol–water partition coefficient (Wildman–Crippen LogP) is 2.98. The van der Waals surface area contributed by atoms with E-state index in [1.165, 1.54) is 24.3 Å². The van der Waals surface area contributed by atoms with Gasteiger partial charge in [0, 0.05) is 11.0 Å². The molecule has 2 aromatic rings. The van der Waals surface area contributed by atoms with Crippen molar-refractivity contribution in [2.45, 2.75) is 9.79 Å². The molecule has 0 bridgehead atoms. The Morgan fingerprint density at radius 2 is 1.90 bits per heavy atom. The Morgan fingerprint density at radius 3 is 2.57 bits per heavy atom. The highest BCUT2D eigenvalue weighted by Crippen LogP contribution is 2.36. The third-order valence-electron chi connectivity index (χ3n) is 2.62. The number of nitro benzene ring substituents is 1. The molecule has 3 N–H and O–H groups in total. The number of oxime groups is 1. The number of nitrogens with zero attached hydrogens (tertiary/aromatic N) is 2. The van der Waals surface area contributed by atoms with E-state index in [0.29, 0.717) is 9.79 Å². The zero-order chi connectivity index (χ0) is 15.4. The minimum atomic E-state index is -0.672. The number of hydrogen-bond acceptors (Lipinski definition) is 5. The van der Waals surface area contributed by atoms with E-state index in [2.05, 4.69) is 5.16 Å². The third kappa shape index (κ3) is 3.11. The summed E-state index contributed by atoms with van der Waals surface area (Å²) in [5.74, 6) is -1.07. The topological polar surface area (TPSA) is 102 Å². The molecule has 8 heteroatoms. The van der Waals surface area contributed by atoms with Crippen molar-refractivity contribution in [2.24, 2.45) is 10.9 Å². The standard InChI is InChI=1S/C13H10FN3O3S/c14-8-4-3-7-11(12(8)13(15)16-18)21-10-6-2-1-5-9(10)17(19)20/h1-7,18H,(H2,15,16). The van der Waals surface area contributed by atoms with Gasteiger partial charge < -0.3 is 10.9 Å². The van der Waals surface area contributed by atoms with Crippen LogP contribution in [0.5, 0.6) is 0 Å². The molecule has 2 aromatic carbocycles. The Morgan fingerprint density at radius 1 is 1.24 bits per heavy atom. The SMILES string of the molecule is NC(=NO)c1c(F)cccc1Sc1ccccc1[N+](=O)[O-]. The molecule has 0 radical (unpaired) electrons. The highest BCUT2D eigenvalue weighted by Gasteiger charge is 2.18. The average Bonchev–Trinajstić information content (AvgIpc) is 2.47. The lowest BCUT2D eigenvalue weighted by atomic mass is 10.2. The smallest absolute Gasteiger partial charge is 0.283 e. The number of nitrogens with two attached hydrogens (primary N) is 1. The van der Waals surface area contributed by atoms with Crippen molar-refractivity contribution in [1.82, 2.24) is 0 Å². The lowest BCUT2D eigenvalue weighted by Crippen LogP contribution is -2.16. The van der Waals surface area contributed by atoms with Crippen LogP contribution in [0.4, 0.5) is 10.1 Å². The molecule has 2 rings (SSSR count). The van der Waals surface area contributed by atoms with E-state index in [1.807, 2.05) is 0 Å². The quantitative estimate of drug-likeness (QED) is 0.297. The highest BCUT2D eigenvalue weighted by molar-refractivity contribution is 7.99. The van der Waals surface area contributed by atoms with Gasteiger partial charge in [-0.25, -0.2) is 4.39 Å². The summed E-state index contributed by atoms with van der Waals surface area (Å²) in [6, 6.07) is 10.2. The number of benzene rings is 2.